The van der Waals surface area contributed by atoms with Crippen molar-refractivity contribution in [2.75, 3.05) is 0 Å². The molecular formula is C11H17Si. The van der Waals surface area contributed by atoms with E-state index in [0.717, 1.165) is 0 Å². The van der Waals surface area contributed by atoms with Crippen molar-refractivity contribution in [3.63, 3.8) is 0 Å². The Morgan fingerprint density at radius 3 is 2.33 bits per heavy atom. The number of rotatable bonds is 2. The summed E-state index contributed by atoms with van der Waals surface area (Å²) in [7, 11) is -0.267. The van der Waals surface area contributed by atoms with Crippen molar-refractivity contribution < 1.29 is 0 Å². The second-order valence-electron chi connectivity index (χ2n) is 3.78. The number of hydrogen-bond acceptors (Lipinski definition) is 0. The Kier molecular flexibility index (Phi) is 3.10. The van der Waals surface area contributed by atoms with Gasteiger partial charge in [-0.15, -0.1) is 0 Å². The van der Waals surface area contributed by atoms with Crippen LogP contribution in [0.4, 0.5) is 0 Å². The molecule has 0 spiro atoms. The van der Waals surface area contributed by atoms with Crippen LogP contribution in [-0.4, -0.2) is 8.80 Å². The van der Waals surface area contributed by atoms with E-state index in [1.54, 1.807) is 5.19 Å². The third kappa shape index (κ3) is 2.21. The highest BCUT2D eigenvalue weighted by Gasteiger charge is 2.03. The van der Waals surface area contributed by atoms with Gasteiger partial charge < -0.3 is 0 Å². The van der Waals surface area contributed by atoms with E-state index in [1.807, 2.05) is 0 Å². The average Bonchev–Trinajstić information content (AvgIpc) is 2.04. The largest absolute Gasteiger partial charge is 0.0791 e. The molecule has 1 aromatic rings. The normalized spacial score (nSPS) is 11.2. The number of benzene rings is 1. The molecule has 1 rings (SSSR count). The van der Waals surface area contributed by atoms with Gasteiger partial charge in [0.25, 0.3) is 0 Å². The highest BCUT2D eigenvalue weighted by Crippen LogP contribution is 2.11. The predicted molar refractivity (Wildman–Crippen MR) is 57.6 cm³/mol. The van der Waals surface area contributed by atoms with Gasteiger partial charge in [-0.2, -0.15) is 0 Å². The molecule has 0 N–H and O–H groups in total. The Bertz CT molecular complexity index is 228. The molecule has 0 aliphatic rings. The lowest BCUT2D eigenvalue weighted by atomic mass is 10.0. The summed E-state index contributed by atoms with van der Waals surface area (Å²) in [5, 5.41) is 1.55. The minimum absolute atomic E-state index is 0.267. The van der Waals surface area contributed by atoms with E-state index in [1.165, 1.54) is 5.56 Å². The maximum Gasteiger partial charge on any atom is 0.0791 e. The zero-order chi connectivity index (χ0) is 9.14. The molecule has 0 saturated carbocycles. The van der Waals surface area contributed by atoms with Gasteiger partial charge in [0, 0.05) is 0 Å². The summed E-state index contributed by atoms with van der Waals surface area (Å²) in [5.41, 5.74) is 1.47. The highest BCUT2D eigenvalue weighted by molar-refractivity contribution is 6.70. The fraction of sp³-hybridized carbons (Fsp3) is 0.455. The van der Waals surface area contributed by atoms with Crippen molar-refractivity contribution in [3.05, 3.63) is 29.8 Å². The van der Waals surface area contributed by atoms with Gasteiger partial charge in [-0.05, 0) is 11.5 Å². The molecule has 0 heterocycles. The van der Waals surface area contributed by atoms with Crippen LogP contribution >= 0.6 is 0 Å². The van der Waals surface area contributed by atoms with Crippen LogP contribution in [0.5, 0.6) is 0 Å². The summed E-state index contributed by atoms with van der Waals surface area (Å²) in [6, 6.07) is 9.01. The molecule has 0 nitrogen and oxygen atoms in total. The van der Waals surface area contributed by atoms with Gasteiger partial charge in [-0.25, -0.2) is 0 Å². The van der Waals surface area contributed by atoms with Crippen molar-refractivity contribution >= 4 is 14.0 Å². The van der Waals surface area contributed by atoms with Crippen LogP contribution in [0.3, 0.4) is 0 Å². The number of hydrogen-bond donors (Lipinski definition) is 0. The van der Waals surface area contributed by atoms with Crippen molar-refractivity contribution in [2.45, 2.75) is 32.9 Å². The first kappa shape index (κ1) is 9.52. The third-order valence-electron chi connectivity index (χ3n) is 2.13. The van der Waals surface area contributed by atoms with E-state index in [4.69, 9.17) is 0 Å². The molecule has 0 aliphatic carbocycles. The van der Waals surface area contributed by atoms with E-state index < -0.39 is 0 Å². The molecule has 1 heteroatoms. The van der Waals surface area contributed by atoms with Crippen molar-refractivity contribution in [2.24, 2.45) is 0 Å². The molecule has 0 fully saturated rings. The molecule has 0 bridgehead atoms. The van der Waals surface area contributed by atoms with Gasteiger partial charge in [0.2, 0.25) is 0 Å². The topological polar surface area (TPSA) is 0 Å². The van der Waals surface area contributed by atoms with Crippen LogP contribution in [0.25, 0.3) is 0 Å². The molecule has 65 valence electrons. The quantitative estimate of drug-likeness (QED) is 0.609. The highest BCUT2D eigenvalue weighted by atomic mass is 28.3. The summed E-state index contributed by atoms with van der Waals surface area (Å²) < 4.78 is 0. The lowest BCUT2D eigenvalue weighted by Crippen LogP contribution is -2.22. The average molecular weight is 177 g/mol. The Hall–Kier alpha value is -0.563. The minimum Gasteiger partial charge on any atom is -0.0671 e. The summed E-state index contributed by atoms with van der Waals surface area (Å²) >= 11 is 0. The summed E-state index contributed by atoms with van der Waals surface area (Å²) in [5.74, 6) is 0.659. The van der Waals surface area contributed by atoms with Crippen LogP contribution < -0.4 is 5.19 Å². The molecule has 0 aliphatic heterocycles. The van der Waals surface area contributed by atoms with Gasteiger partial charge >= 0.3 is 0 Å². The Morgan fingerprint density at radius 1 is 1.17 bits per heavy atom. The monoisotopic (exact) mass is 177 g/mol. The Labute approximate surface area is 77.2 Å². The van der Waals surface area contributed by atoms with Crippen LogP contribution in [0.2, 0.25) is 13.1 Å². The fourth-order valence-electron chi connectivity index (χ4n) is 1.21. The zero-order valence-electron chi connectivity index (χ0n) is 8.39. The molecular weight excluding hydrogens is 160 g/mol. The van der Waals surface area contributed by atoms with E-state index >= 15 is 0 Å². The summed E-state index contributed by atoms with van der Waals surface area (Å²) in [6.07, 6.45) is 0. The van der Waals surface area contributed by atoms with Crippen molar-refractivity contribution in [3.8, 4) is 0 Å². The van der Waals surface area contributed by atoms with Crippen LogP contribution in [0, 0.1) is 0 Å². The molecule has 0 atom stereocenters. The van der Waals surface area contributed by atoms with Gasteiger partial charge in [0.05, 0.1) is 8.80 Å². The summed E-state index contributed by atoms with van der Waals surface area (Å²) in [6.45, 7) is 9.17. The zero-order valence-corrected chi connectivity index (χ0v) is 9.39. The summed E-state index contributed by atoms with van der Waals surface area (Å²) in [4.78, 5) is 0. The molecule has 0 amide bonds. The predicted octanol–water partition coefficient (Wildman–Crippen LogP) is 2.77. The lowest BCUT2D eigenvalue weighted by Gasteiger charge is -2.09. The third-order valence-corrected chi connectivity index (χ3v) is 3.60. The molecule has 1 aromatic carbocycles. The molecule has 1 radical (unpaired) electrons. The second-order valence-corrected chi connectivity index (χ2v) is 6.36. The van der Waals surface area contributed by atoms with Crippen molar-refractivity contribution in [1.29, 1.82) is 0 Å². The van der Waals surface area contributed by atoms with E-state index in [2.05, 4.69) is 51.2 Å². The maximum absolute atomic E-state index is 2.36. The van der Waals surface area contributed by atoms with Gasteiger partial charge in [0.1, 0.15) is 0 Å². The van der Waals surface area contributed by atoms with E-state index in [9.17, 15) is 0 Å². The molecule has 12 heavy (non-hydrogen) atoms. The van der Waals surface area contributed by atoms with Crippen LogP contribution in [0.15, 0.2) is 24.3 Å². The first-order valence-electron chi connectivity index (χ1n) is 4.51. The Balaban J connectivity index is 2.96. The van der Waals surface area contributed by atoms with Crippen LogP contribution in [0.1, 0.15) is 25.3 Å². The minimum atomic E-state index is -0.267. The molecule has 0 unspecified atom stereocenters. The van der Waals surface area contributed by atoms with Gasteiger partial charge in [-0.3, -0.25) is 0 Å². The van der Waals surface area contributed by atoms with Gasteiger partial charge in [0.15, 0.2) is 0 Å². The molecule has 0 aromatic heterocycles. The standard InChI is InChI=1S/C11H17Si/c1-9(2)10-6-5-7-11(8-10)12(3)4/h5-9H,1-4H3. The first-order chi connectivity index (χ1) is 5.61. The SMILES string of the molecule is CC(C)c1cccc([Si](C)C)c1. The second kappa shape index (κ2) is 3.90. The van der Waals surface area contributed by atoms with E-state index in [-0.39, 0.29) is 8.80 Å². The molecule has 0 saturated heterocycles. The smallest absolute Gasteiger partial charge is 0.0671 e. The first-order valence-corrected chi connectivity index (χ1v) is 7.01. The van der Waals surface area contributed by atoms with Crippen LogP contribution in [-0.2, 0) is 0 Å². The van der Waals surface area contributed by atoms with Gasteiger partial charge in [-0.1, -0.05) is 56.4 Å². The van der Waals surface area contributed by atoms with Crippen molar-refractivity contribution in [1.82, 2.24) is 0 Å². The maximum atomic E-state index is 2.36. The van der Waals surface area contributed by atoms with E-state index in [0.29, 0.717) is 5.92 Å². The Morgan fingerprint density at radius 2 is 1.83 bits per heavy atom. The lowest BCUT2D eigenvalue weighted by molar-refractivity contribution is 0.868. The fourth-order valence-corrected chi connectivity index (χ4v) is 2.09.